The largest absolute Gasteiger partial charge is 0.305 e. The normalized spacial score (nSPS) is 16.3. The molecule has 0 radical (unpaired) electrons. The predicted molar refractivity (Wildman–Crippen MR) is 91.6 cm³/mol. The molecule has 1 amide bonds. The Balaban J connectivity index is 1.73. The molecule has 2 N–H and O–H groups in total. The first-order chi connectivity index (χ1) is 11.2. The van der Waals surface area contributed by atoms with Crippen molar-refractivity contribution in [1.82, 2.24) is 20.1 Å². The number of thiazole rings is 1. The van der Waals surface area contributed by atoms with E-state index in [-0.39, 0.29) is 5.91 Å². The first-order valence-corrected chi connectivity index (χ1v) is 8.94. The van der Waals surface area contributed by atoms with Crippen molar-refractivity contribution in [3.8, 4) is 0 Å². The number of aromatic nitrogens is 3. The van der Waals surface area contributed by atoms with Crippen molar-refractivity contribution in [3.63, 3.8) is 0 Å². The van der Waals surface area contributed by atoms with E-state index in [2.05, 4.69) is 20.7 Å². The molecule has 1 unspecified atom stereocenters. The molecule has 0 saturated carbocycles. The highest BCUT2D eigenvalue weighted by atomic mass is 32.1. The summed E-state index contributed by atoms with van der Waals surface area (Å²) >= 11 is 1.62. The molecule has 7 heteroatoms. The van der Waals surface area contributed by atoms with Crippen LogP contribution in [0.1, 0.15) is 47.9 Å². The molecule has 0 saturated heterocycles. The Labute approximate surface area is 140 Å². The monoisotopic (exact) mass is 333 g/mol. The minimum Gasteiger partial charge on any atom is -0.305 e. The molecule has 1 aliphatic carbocycles. The maximum Gasteiger partial charge on any atom is 0.247 e. The number of carbonyl (C=O) groups excluding carboxylic acids is 1. The number of likely N-dealkylation sites (N-methyl/N-ethyl adjacent to an activating group) is 1. The zero-order valence-corrected chi connectivity index (χ0v) is 14.4. The van der Waals surface area contributed by atoms with Crippen LogP contribution in [0.25, 0.3) is 0 Å². The van der Waals surface area contributed by atoms with Gasteiger partial charge in [-0.05, 0) is 32.7 Å². The summed E-state index contributed by atoms with van der Waals surface area (Å²) in [6.45, 7) is 0. The fourth-order valence-corrected chi connectivity index (χ4v) is 4.03. The van der Waals surface area contributed by atoms with Crippen LogP contribution in [0.4, 0.5) is 5.13 Å². The number of hydrogen-bond acceptors (Lipinski definition) is 5. The first-order valence-electron chi connectivity index (χ1n) is 8.12. The average molecular weight is 333 g/mol. The topological polar surface area (TPSA) is 71.8 Å². The Hall–Kier alpha value is -1.73. The van der Waals surface area contributed by atoms with Gasteiger partial charge in [-0.25, -0.2) is 4.98 Å². The van der Waals surface area contributed by atoms with Crippen molar-refractivity contribution in [3.05, 3.63) is 28.5 Å². The van der Waals surface area contributed by atoms with Gasteiger partial charge in [0, 0.05) is 23.7 Å². The Morgan fingerprint density at radius 1 is 1.30 bits per heavy atom. The lowest BCUT2D eigenvalue weighted by Gasteiger charge is -2.12. The van der Waals surface area contributed by atoms with E-state index in [0.29, 0.717) is 5.13 Å². The van der Waals surface area contributed by atoms with E-state index >= 15 is 0 Å². The number of hydrogen-bond donors (Lipinski definition) is 2. The summed E-state index contributed by atoms with van der Waals surface area (Å²) in [7, 11) is 3.62. The zero-order valence-electron chi connectivity index (χ0n) is 13.6. The van der Waals surface area contributed by atoms with Gasteiger partial charge in [-0.1, -0.05) is 12.8 Å². The second-order valence-corrected chi connectivity index (χ2v) is 7.05. The minimum absolute atomic E-state index is 0.0952. The molecule has 0 spiro atoms. The number of nitrogens with zero attached hydrogens (tertiary/aromatic N) is 3. The van der Waals surface area contributed by atoms with E-state index in [0.717, 1.165) is 18.4 Å². The molecule has 3 rings (SSSR count). The van der Waals surface area contributed by atoms with Crippen molar-refractivity contribution in [1.29, 1.82) is 0 Å². The molecule has 6 nitrogen and oxygen atoms in total. The molecule has 2 heterocycles. The molecular weight excluding hydrogens is 310 g/mol. The van der Waals surface area contributed by atoms with Crippen LogP contribution >= 0.6 is 11.3 Å². The lowest BCUT2D eigenvalue weighted by molar-refractivity contribution is -0.118. The third kappa shape index (κ3) is 3.79. The minimum atomic E-state index is -0.421. The maximum absolute atomic E-state index is 12.6. The zero-order chi connectivity index (χ0) is 16.2. The van der Waals surface area contributed by atoms with Crippen LogP contribution in [0.3, 0.4) is 0 Å². The highest BCUT2D eigenvalue weighted by Crippen LogP contribution is 2.29. The second-order valence-electron chi connectivity index (χ2n) is 5.96. The fourth-order valence-electron chi connectivity index (χ4n) is 2.97. The number of amides is 1. The molecule has 0 bridgehead atoms. The number of anilines is 1. The van der Waals surface area contributed by atoms with Gasteiger partial charge in [0.05, 0.1) is 11.9 Å². The number of rotatable bonds is 4. The predicted octanol–water partition coefficient (Wildman–Crippen LogP) is 2.43. The van der Waals surface area contributed by atoms with Crippen LogP contribution in [-0.4, -0.2) is 27.7 Å². The van der Waals surface area contributed by atoms with E-state index in [9.17, 15) is 4.79 Å². The van der Waals surface area contributed by atoms with Crippen LogP contribution in [0.5, 0.6) is 0 Å². The summed E-state index contributed by atoms with van der Waals surface area (Å²) in [4.78, 5) is 18.5. The van der Waals surface area contributed by atoms with Gasteiger partial charge in [0.15, 0.2) is 5.13 Å². The molecule has 0 aromatic carbocycles. The Morgan fingerprint density at radius 2 is 2.09 bits per heavy atom. The fraction of sp³-hybridized carbons (Fsp3) is 0.562. The van der Waals surface area contributed by atoms with E-state index in [1.165, 1.54) is 36.3 Å². The van der Waals surface area contributed by atoms with Gasteiger partial charge in [0.2, 0.25) is 5.91 Å². The maximum atomic E-state index is 12.6. The quantitative estimate of drug-likeness (QED) is 0.901. The summed E-state index contributed by atoms with van der Waals surface area (Å²) in [5.41, 5.74) is 2.02. The molecule has 2 aromatic rings. The Kier molecular flexibility index (Phi) is 5.07. The third-order valence-electron chi connectivity index (χ3n) is 4.18. The van der Waals surface area contributed by atoms with Gasteiger partial charge in [-0.15, -0.1) is 11.3 Å². The summed E-state index contributed by atoms with van der Waals surface area (Å²) in [6.07, 6.45) is 10.7. The van der Waals surface area contributed by atoms with E-state index in [4.69, 9.17) is 0 Å². The number of aryl methyl sites for hydroxylation is 3. The van der Waals surface area contributed by atoms with Crippen LogP contribution in [-0.2, 0) is 24.7 Å². The van der Waals surface area contributed by atoms with Gasteiger partial charge in [0.1, 0.15) is 6.04 Å². The van der Waals surface area contributed by atoms with Gasteiger partial charge in [-0.3, -0.25) is 9.48 Å². The molecule has 0 fully saturated rings. The molecule has 0 aliphatic heterocycles. The van der Waals surface area contributed by atoms with Gasteiger partial charge in [0.25, 0.3) is 0 Å². The lowest BCUT2D eigenvalue weighted by Crippen LogP contribution is -2.30. The van der Waals surface area contributed by atoms with Crippen molar-refractivity contribution >= 4 is 22.4 Å². The Bertz CT molecular complexity index is 652. The standard InChI is InChI=1S/C16H23N5OS/c1-17-14(11-9-18-21(2)10-11)15(22)20-16-19-12-7-5-3-4-6-8-13(12)23-16/h9-10,14,17H,3-8H2,1-2H3,(H,19,20,22). The molecular formula is C16H23N5OS. The summed E-state index contributed by atoms with van der Waals surface area (Å²) < 4.78 is 1.70. The van der Waals surface area contributed by atoms with E-state index < -0.39 is 6.04 Å². The van der Waals surface area contributed by atoms with Gasteiger partial charge < -0.3 is 10.6 Å². The number of carbonyl (C=O) groups is 1. The van der Waals surface area contributed by atoms with Gasteiger partial charge >= 0.3 is 0 Å². The Morgan fingerprint density at radius 3 is 2.78 bits per heavy atom. The smallest absolute Gasteiger partial charge is 0.247 e. The summed E-state index contributed by atoms with van der Waals surface area (Å²) in [5, 5.41) is 10.9. The number of fused-ring (bicyclic) bond motifs is 1. The van der Waals surface area contributed by atoms with E-state index in [1.54, 1.807) is 29.3 Å². The molecule has 23 heavy (non-hydrogen) atoms. The number of nitrogens with one attached hydrogen (secondary N) is 2. The second kappa shape index (κ2) is 7.23. The van der Waals surface area contributed by atoms with Gasteiger partial charge in [-0.2, -0.15) is 5.10 Å². The molecule has 124 valence electrons. The van der Waals surface area contributed by atoms with Crippen molar-refractivity contribution in [2.24, 2.45) is 7.05 Å². The highest BCUT2D eigenvalue weighted by molar-refractivity contribution is 7.15. The summed E-state index contributed by atoms with van der Waals surface area (Å²) in [6, 6.07) is -0.421. The van der Waals surface area contributed by atoms with Crippen LogP contribution in [0, 0.1) is 0 Å². The molecule has 1 aliphatic rings. The lowest BCUT2D eigenvalue weighted by atomic mass is 10.0. The summed E-state index contributed by atoms with van der Waals surface area (Å²) in [5.74, 6) is -0.0952. The highest BCUT2D eigenvalue weighted by Gasteiger charge is 2.22. The molecule has 2 aromatic heterocycles. The van der Waals surface area contributed by atoms with Crippen molar-refractivity contribution < 1.29 is 4.79 Å². The van der Waals surface area contributed by atoms with Crippen LogP contribution in [0.2, 0.25) is 0 Å². The van der Waals surface area contributed by atoms with Crippen molar-refractivity contribution in [2.75, 3.05) is 12.4 Å². The molecule has 1 atom stereocenters. The first kappa shape index (κ1) is 16.1. The third-order valence-corrected chi connectivity index (χ3v) is 5.26. The van der Waals surface area contributed by atoms with Crippen LogP contribution in [0.15, 0.2) is 12.4 Å². The van der Waals surface area contributed by atoms with Crippen LogP contribution < -0.4 is 10.6 Å². The SMILES string of the molecule is CNC(C(=O)Nc1nc2c(s1)CCCCCC2)c1cnn(C)c1. The van der Waals surface area contributed by atoms with E-state index in [1.807, 2.05) is 13.2 Å². The average Bonchev–Trinajstić information content (AvgIpc) is 3.07. The van der Waals surface area contributed by atoms with Crippen molar-refractivity contribution in [2.45, 2.75) is 44.6 Å².